The summed E-state index contributed by atoms with van der Waals surface area (Å²) < 4.78 is 59.0. The Kier molecular flexibility index (Phi) is 5.16. The predicted molar refractivity (Wildman–Crippen MR) is 142 cm³/mol. The topological polar surface area (TPSA) is 128 Å². The van der Waals surface area contributed by atoms with Crippen molar-refractivity contribution in [2.24, 2.45) is 0 Å². The molecule has 4 aliphatic carbocycles. The van der Waals surface area contributed by atoms with Crippen LogP contribution in [0, 0.1) is 6.92 Å². The molecule has 200 valence electrons. The second-order valence-corrected chi connectivity index (χ2v) is 15.2. The first-order chi connectivity index (χ1) is 18.1. The van der Waals surface area contributed by atoms with Gasteiger partial charge in [0.1, 0.15) is 5.82 Å². The molecule has 0 unspecified atom stereocenters. The number of aromatic nitrogens is 5. The van der Waals surface area contributed by atoms with E-state index in [0.29, 0.717) is 16.8 Å². The van der Waals surface area contributed by atoms with Crippen molar-refractivity contribution in [3.8, 4) is 0 Å². The predicted octanol–water partition coefficient (Wildman–Crippen LogP) is 3.44. The minimum absolute atomic E-state index is 0.199. The fourth-order valence-corrected chi connectivity index (χ4v) is 9.86. The standard InChI is InChI=1S/C26H30N6O4S2/c1-18-5-7-20(8-6-18)38(35,36)31-16-9-21-23(31)27-17-22-28-29-24(32(21)22)25-10-13-26(14-11-25,15-12-25)30-37(33,34)19-3-2-4-19/h5-9,16-17,19,30H,2-4,10-15H2,1H3. The van der Waals surface area contributed by atoms with E-state index >= 15 is 0 Å². The minimum Gasteiger partial charge on any atom is -0.274 e. The van der Waals surface area contributed by atoms with Gasteiger partial charge in [-0.1, -0.05) is 24.1 Å². The highest BCUT2D eigenvalue weighted by atomic mass is 32.2. The van der Waals surface area contributed by atoms with Gasteiger partial charge in [0.15, 0.2) is 11.3 Å². The van der Waals surface area contributed by atoms with Gasteiger partial charge in [-0.15, -0.1) is 10.2 Å². The molecule has 1 N–H and O–H groups in total. The van der Waals surface area contributed by atoms with Crippen LogP contribution >= 0.6 is 0 Å². The van der Waals surface area contributed by atoms with Crippen molar-refractivity contribution in [1.82, 2.24) is 28.3 Å². The van der Waals surface area contributed by atoms with Crippen LogP contribution in [0.25, 0.3) is 16.8 Å². The fourth-order valence-electron chi connectivity index (χ4n) is 6.53. The molecule has 0 atom stereocenters. The van der Waals surface area contributed by atoms with Crippen molar-refractivity contribution in [3.63, 3.8) is 0 Å². The lowest BCUT2D eigenvalue weighted by Gasteiger charge is -2.53. The number of nitrogens with one attached hydrogen (secondary N) is 1. The van der Waals surface area contributed by atoms with Crippen LogP contribution in [0.3, 0.4) is 0 Å². The van der Waals surface area contributed by atoms with E-state index < -0.39 is 20.0 Å². The average molecular weight is 555 g/mol. The first kappa shape index (κ1) is 24.2. The maximum Gasteiger partial charge on any atom is 0.269 e. The molecule has 0 radical (unpaired) electrons. The van der Waals surface area contributed by atoms with Gasteiger partial charge in [0.05, 0.1) is 21.9 Å². The largest absolute Gasteiger partial charge is 0.274 e. The summed E-state index contributed by atoms with van der Waals surface area (Å²) in [6.07, 6.45) is 10.3. The summed E-state index contributed by atoms with van der Waals surface area (Å²) in [6, 6.07) is 8.52. The zero-order valence-electron chi connectivity index (χ0n) is 21.2. The molecule has 0 amide bonds. The molecular weight excluding hydrogens is 524 g/mol. The van der Waals surface area contributed by atoms with Gasteiger partial charge in [-0.25, -0.2) is 30.5 Å². The SMILES string of the molecule is Cc1ccc(S(=O)(=O)n2ccc3c2ncc2nnc(C45CCC(NS(=O)(=O)C6CCC6)(CC4)CC5)n23)cc1. The molecular formula is C26H30N6O4S2. The number of fused-ring (bicyclic) bond motifs is 6. The first-order valence-corrected chi connectivity index (χ1v) is 16.2. The van der Waals surface area contributed by atoms with E-state index in [1.165, 1.54) is 10.2 Å². The molecule has 2 bridgehead atoms. The van der Waals surface area contributed by atoms with E-state index in [0.717, 1.165) is 69.2 Å². The number of hydrogen-bond acceptors (Lipinski definition) is 7. The number of benzene rings is 1. The second-order valence-electron chi connectivity index (χ2n) is 11.4. The third-order valence-corrected chi connectivity index (χ3v) is 12.9. The van der Waals surface area contributed by atoms with E-state index in [1.54, 1.807) is 36.5 Å². The van der Waals surface area contributed by atoms with Crippen LogP contribution in [-0.2, 0) is 25.5 Å². The molecule has 3 heterocycles. The van der Waals surface area contributed by atoms with E-state index in [1.807, 2.05) is 11.3 Å². The maximum atomic E-state index is 13.5. The van der Waals surface area contributed by atoms with Crippen LogP contribution in [0.5, 0.6) is 0 Å². The minimum atomic E-state index is -3.84. The molecule has 38 heavy (non-hydrogen) atoms. The van der Waals surface area contributed by atoms with Gasteiger partial charge in [0.25, 0.3) is 10.0 Å². The Morgan fingerprint density at radius 2 is 1.61 bits per heavy atom. The number of nitrogens with zero attached hydrogens (tertiary/aromatic N) is 5. The van der Waals surface area contributed by atoms with E-state index in [4.69, 9.17) is 0 Å². The lowest BCUT2D eigenvalue weighted by Crippen LogP contribution is -2.59. The van der Waals surface area contributed by atoms with Gasteiger partial charge in [0.2, 0.25) is 10.0 Å². The Bertz CT molecular complexity index is 1760. The third kappa shape index (κ3) is 3.49. The Hall–Kier alpha value is -2.83. The third-order valence-electron chi connectivity index (χ3n) is 9.19. The van der Waals surface area contributed by atoms with E-state index in [-0.39, 0.29) is 21.1 Å². The summed E-state index contributed by atoms with van der Waals surface area (Å²) in [5, 5.41) is 8.75. The van der Waals surface area contributed by atoms with Crippen molar-refractivity contribution >= 4 is 36.9 Å². The van der Waals surface area contributed by atoms with Gasteiger partial charge in [-0.2, -0.15) is 0 Å². The summed E-state index contributed by atoms with van der Waals surface area (Å²) in [4.78, 5) is 4.66. The molecule has 4 fully saturated rings. The Morgan fingerprint density at radius 1 is 0.921 bits per heavy atom. The highest BCUT2D eigenvalue weighted by Crippen LogP contribution is 2.53. The van der Waals surface area contributed by atoms with Crippen LogP contribution in [-0.4, -0.2) is 51.2 Å². The van der Waals surface area contributed by atoms with Crippen LogP contribution in [0.2, 0.25) is 0 Å². The number of hydrogen-bond donors (Lipinski definition) is 1. The van der Waals surface area contributed by atoms with Crippen molar-refractivity contribution in [2.45, 2.75) is 85.8 Å². The normalized spacial score (nSPS) is 26.2. The number of sulfonamides is 1. The molecule has 0 spiro atoms. The van der Waals surface area contributed by atoms with Crippen molar-refractivity contribution in [1.29, 1.82) is 0 Å². The second kappa shape index (κ2) is 8.09. The Balaban J connectivity index is 1.25. The van der Waals surface area contributed by atoms with Crippen molar-refractivity contribution < 1.29 is 16.8 Å². The summed E-state index contributed by atoms with van der Waals surface area (Å²) >= 11 is 0. The zero-order chi connectivity index (χ0) is 26.3. The lowest BCUT2D eigenvalue weighted by atomic mass is 9.57. The monoisotopic (exact) mass is 554 g/mol. The molecule has 4 aromatic rings. The average Bonchev–Trinajstić information content (AvgIpc) is 3.48. The molecule has 0 saturated heterocycles. The van der Waals surface area contributed by atoms with Crippen molar-refractivity contribution in [3.05, 3.63) is 54.1 Å². The van der Waals surface area contributed by atoms with E-state index in [9.17, 15) is 16.8 Å². The van der Waals surface area contributed by atoms with Gasteiger partial charge in [-0.3, -0.25) is 4.40 Å². The van der Waals surface area contributed by atoms with Crippen LogP contribution in [0.15, 0.2) is 47.6 Å². The highest BCUT2D eigenvalue weighted by molar-refractivity contribution is 7.90. The summed E-state index contributed by atoms with van der Waals surface area (Å²) in [7, 11) is -7.13. The van der Waals surface area contributed by atoms with E-state index in [2.05, 4.69) is 19.9 Å². The van der Waals surface area contributed by atoms with Gasteiger partial charge in [0, 0.05) is 17.2 Å². The van der Waals surface area contributed by atoms with Crippen LogP contribution in [0.4, 0.5) is 0 Å². The van der Waals surface area contributed by atoms with Crippen LogP contribution in [0.1, 0.15) is 69.2 Å². The highest BCUT2D eigenvalue weighted by Gasteiger charge is 2.53. The first-order valence-electron chi connectivity index (χ1n) is 13.2. The smallest absolute Gasteiger partial charge is 0.269 e. The van der Waals surface area contributed by atoms with Gasteiger partial charge >= 0.3 is 0 Å². The number of rotatable bonds is 6. The van der Waals surface area contributed by atoms with Gasteiger partial charge < -0.3 is 0 Å². The Morgan fingerprint density at radius 3 is 2.24 bits per heavy atom. The summed E-state index contributed by atoms with van der Waals surface area (Å²) in [5.74, 6) is 0.806. The molecule has 12 heteroatoms. The molecule has 4 saturated carbocycles. The van der Waals surface area contributed by atoms with Crippen molar-refractivity contribution in [2.75, 3.05) is 0 Å². The van der Waals surface area contributed by atoms with Gasteiger partial charge in [-0.05, 0) is 76.5 Å². The molecule has 3 aromatic heterocycles. The zero-order valence-corrected chi connectivity index (χ0v) is 22.8. The fraction of sp³-hybridized carbons (Fsp3) is 0.500. The molecule has 10 nitrogen and oxygen atoms in total. The summed E-state index contributed by atoms with van der Waals surface area (Å²) in [5.41, 5.74) is 1.90. The maximum absolute atomic E-state index is 13.5. The quantitative estimate of drug-likeness (QED) is 0.387. The van der Waals surface area contributed by atoms with Crippen LogP contribution < -0.4 is 4.72 Å². The Labute approximate surface area is 221 Å². The summed E-state index contributed by atoms with van der Waals surface area (Å²) in [6.45, 7) is 1.91. The molecule has 4 aliphatic rings. The number of aryl methyl sites for hydroxylation is 1. The lowest BCUT2D eigenvalue weighted by molar-refractivity contribution is 0.0878. The molecule has 8 rings (SSSR count). The molecule has 1 aromatic carbocycles. The molecule has 0 aliphatic heterocycles.